The van der Waals surface area contributed by atoms with Crippen LogP contribution in [-0.2, 0) is 6.54 Å². The Morgan fingerprint density at radius 2 is 1.76 bits per heavy atom. The summed E-state index contributed by atoms with van der Waals surface area (Å²) in [5.74, 6) is 1.69. The Kier molecular flexibility index (Phi) is 5.23. The average Bonchev–Trinajstić information content (AvgIpc) is 2.62. The first-order valence-corrected chi connectivity index (χ1v) is 8.47. The molecule has 1 aromatic heterocycles. The Morgan fingerprint density at radius 3 is 2.48 bits per heavy atom. The lowest BCUT2D eigenvalue weighted by Gasteiger charge is -2.10. The minimum absolute atomic E-state index is 0.507. The largest absolute Gasteiger partial charge is 0.349 e. The van der Waals surface area contributed by atoms with E-state index in [1.165, 1.54) is 16.7 Å². The maximum Gasteiger partial charge on any atom is 0.244 e. The van der Waals surface area contributed by atoms with E-state index in [2.05, 4.69) is 83.0 Å². The van der Waals surface area contributed by atoms with Gasteiger partial charge in [-0.25, -0.2) is 0 Å². The summed E-state index contributed by atoms with van der Waals surface area (Å²) in [6, 6.07) is 16.6. The van der Waals surface area contributed by atoms with Crippen molar-refractivity contribution in [3.63, 3.8) is 0 Å². The van der Waals surface area contributed by atoms with Crippen LogP contribution in [-0.4, -0.2) is 15.2 Å². The second kappa shape index (κ2) is 7.75. The normalized spacial score (nSPS) is 10.7. The van der Waals surface area contributed by atoms with Gasteiger partial charge in [0.05, 0.1) is 6.20 Å². The van der Waals surface area contributed by atoms with Crippen molar-refractivity contribution in [1.82, 2.24) is 15.2 Å². The molecule has 0 saturated heterocycles. The summed E-state index contributed by atoms with van der Waals surface area (Å²) in [5.41, 5.74) is 4.75. The molecule has 2 N–H and O–H groups in total. The quantitative estimate of drug-likeness (QED) is 0.687. The molecule has 0 unspecified atom stereocenters. The van der Waals surface area contributed by atoms with Crippen LogP contribution in [0.1, 0.15) is 36.5 Å². The number of benzene rings is 2. The Hall–Kier alpha value is -2.95. The molecule has 3 rings (SSSR count). The fraction of sp³-hybridized carbons (Fsp3) is 0.250. The number of aryl methyl sites for hydroxylation is 1. The summed E-state index contributed by atoms with van der Waals surface area (Å²) in [5, 5.41) is 14.6. The second-order valence-electron chi connectivity index (χ2n) is 6.35. The Bertz CT molecular complexity index is 827. The highest BCUT2D eigenvalue weighted by Crippen LogP contribution is 2.19. The molecule has 25 heavy (non-hydrogen) atoms. The Labute approximate surface area is 148 Å². The van der Waals surface area contributed by atoms with Gasteiger partial charge >= 0.3 is 0 Å². The van der Waals surface area contributed by atoms with Gasteiger partial charge < -0.3 is 10.6 Å². The minimum atomic E-state index is 0.507. The zero-order valence-electron chi connectivity index (χ0n) is 14.8. The van der Waals surface area contributed by atoms with E-state index in [4.69, 9.17) is 0 Å². The van der Waals surface area contributed by atoms with Crippen LogP contribution in [0.3, 0.4) is 0 Å². The van der Waals surface area contributed by atoms with E-state index in [0.29, 0.717) is 24.2 Å². The molecule has 0 saturated carbocycles. The van der Waals surface area contributed by atoms with Crippen LogP contribution in [0.15, 0.2) is 54.7 Å². The molecule has 128 valence electrons. The highest BCUT2D eigenvalue weighted by Gasteiger charge is 2.04. The number of nitrogens with one attached hydrogen (secondary N) is 2. The lowest BCUT2D eigenvalue weighted by molar-refractivity contribution is 0.867. The van der Waals surface area contributed by atoms with Gasteiger partial charge in [-0.2, -0.15) is 10.1 Å². The third-order valence-corrected chi connectivity index (χ3v) is 4.11. The van der Waals surface area contributed by atoms with Crippen LogP contribution < -0.4 is 10.6 Å². The Morgan fingerprint density at radius 1 is 1.00 bits per heavy atom. The van der Waals surface area contributed by atoms with Crippen molar-refractivity contribution in [1.29, 1.82) is 0 Å². The Balaban J connectivity index is 1.66. The predicted octanol–water partition coefficient (Wildman–Crippen LogP) is 4.66. The molecule has 0 atom stereocenters. The van der Waals surface area contributed by atoms with Crippen LogP contribution in [0.4, 0.5) is 17.5 Å². The van der Waals surface area contributed by atoms with E-state index in [1.54, 1.807) is 6.20 Å². The lowest BCUT2D eigenvalue weighted by Crippen LogP contribution is -2.07. The second-order valence-corrected chi connectivity index (χ2v) is 6.35. The summed E-state index contributed by atoms with van der Waals surface area (Å²) in [7, 11) is 0. The number of aromatic nitrogens is 3. The van der Waals surface area contributed by atoms with Crippen LogP contribution in [0.25, 0.3) is 0 Å². The van der Waals surface area contributed by atoms with Crippen molar-refractivity contribution in [2.45, 2.75) is 33.2 Å². The minimum Gasteiger partial charge on any atom is -0.349 e. The van der Waals surface area contributed by atoms with E-state index in [-0.39, 0.29) is 0 Å². The third kappa shape index (κ3) is 4.53. The molecule has 0 aliphatic carbocycles. The first kappa shape index (κ1) is 16.9. The lowest BCUT2D eigenvalue weighted by atomic mass is 10.0. The molecule has 1 heterocycles. The summed E-state index contributed by atoms with van der Waals surface area (Å²) in [6.45, 7) is 7.13. The molecular formula is C20H23N5. The topological polar surface area (TPSA) is 62.7 Å². The molecular weight excluding hydrogens is 310 g/mol. The highest BCUT2D eigenvalue weighted by molar-refractivity contribution is 5.56. The van der Waals surface area contributed by atoms with Crippen molar-refractivity contribution >= 4 is 17.5 Å². The molecule has 3 aromatic rings. The van der Waals surface area contributed by atoms with Gasteiger partial charge in [0.2, 0.25) is 5.95 Å². The van der Waals surface area contributed by atoms with Crippen molar-refractivity contribution < 1.29 is 0 Å². The van der Waals surface area contributed by atoms with E-state index in [1.807, 2.05) is 12.1 Å². The van der Waals surface area contributed by atoms with Gasteiger partial charge in [-0.15, -0.1) is 5.10 Å². The zero-order valence-corrected chi connectivity index (χ0v) is 14.8. The number of hydrogen-bond donors (Lipinski definition) is 2. The molecule has 0 aliphatic rings. The van der Waals surface area contributed by atoms with E-state index in [9.17, 15) is 0 Å². The summed E-state index contributed by atoms with van der Waals surface area (Å²) >= 11 is 0. The fourth-order valence-corrected chi connectivity index (χ4v) is 2.52. The van der Waals surface area contributed by atoms with Crippen LogP contribution in [0, 0.1) is 6.92 Å². The average molecular weight is 333 g/mol. The molecule has 5 nitrogen and oxygen atoms in total. The standard InChI is InChI=1S/C20H23N5/c1-14(2)16-8-10-18(11-9-16)23-19-13-22-25-20(24-19)21-12-17-7-5-4-6-15(17)3/h4-11,13-14H,12H2,1-3H3,(H2,21,23,24,25). The highest BCUT2D eigenvalue weighted by atomic mass is 15.3. The number of rotatable bonds is 6. The first-order valence-electron chi connectivity index (χ1n) is 8.47. The number of hydrogen-bond acceptors (Lipinski definition) is 5. The van der Waals surface area contributed by atoms with Crippen LogP contribution in [0.2, 0.25) is 0 Å². The summed E-state index contributed by atoms with van der Waals surface area (Å²) in [4.78, 5) is 4.47. The van der Waals surface area contributed by atoms with Crippen molar-refractivity contribution in [2.24, 2.45) is 0 Å². The van der Waals surface area contributed by atoms with Crippen molar-refractivity contribution in [3.05, 3.63) is 71.4 Å². The third-order valence-electron chi connectivity index (χ3n) is 4.11. The maximum absolute atomic E-state index is 4.47. The van der Waals surface area contributed by atoms with Gasteiger partial charge in [0.25, 0.3) is 0 Å². The van der Waals surface area contributed by atoms with Crippen LogP contribution in [0.5, 0.6) is 0 Å². The van der Waals surface area contributed by atoms with Crippen molar-refractivity contribution in [3.8, 4) is 0 Å². The molecule has 5 heteroatoms. The van der Waals surface area contributed by atoms with Gasteiger partial charge in [0.1, 0.15) is 0 Å². The molecule has 0 spiro atoms. The van der Waals surface area contributed by atoms with E-state index < -0.39 is 0 Å². The van der Waals surface area contributed by atoms with Gasteiger partial charge in [0.15, 0.2) is 5.82 Å². The molecule has 0 fully saturated rings. The molecule has 0 aliphatic heterocycles. The van der Waals surface area contributed by atoms with E-state index in [0.717, 1.165) is 5.69 Å². The fourth-order valence-electron chi connectivity index (χ4n) is 2.52. The smallest absolute Gasteiger partial charge is 0.244 e. The molecule has 0 radical (unpaired) electrons. The molecule has 0 bridgehead atoms. The van der Waals surface area contributed by atoms with Gasteiger partial charge in [-0.3, -0.25) is 0 Å². The SMILES string of the molecule is Cc1ccccc1CNc1nncc(Nc2ccc(C(C)C)cc2)n1. The summed E-state index contributed by atoms with van der Waals surface area (Å²) in [6.07, 6.45) is 1.62. The molecule has 2 aromatic carbocycles. The zero-order chi connectivity index (χ0) is 17.6. The maximum atomic E-state index is 4.47. The number of nitrogens with zero attached hydrogens (tertiary/aromatic N) is 3. The summed E-state index contributed by atoms with van der Waals surface area (Å²) < 4.78 is 0. The van der Waals surface area contributed by atoms with Gasteiger partial charge in [-0.1, -0.05) is 50.2 Å². The predicted molar refractivity (Wildman–Crippen MR) is 102 cm³/mol. The monoisotopic (exact) mass is 333 g/mol. The van der Waals surface area contributed by atoms with Crippen LogP contribution >= 0.6 is 0 Å². The number of anilines is 3. The van der Waals surface area contributed by atoms with Gasteiger partial charge in [-0.05, 0) is 41.7 Å². The van der Waals surface area contributed by atoms with Crippen molar-refractivity contribution in [2.75, 3.05) is 10.6 Å². The molecule has 0 amide bonds. The first-order chi connectivity index (χ1) is 12.1. The van der Waals surface area contributed by atoms with E-state index >= 15 is 0 Å². The van der Waals surface area contributed by atoms with Gasteiger partial charge in [0, 0.05) is 12.2 Å².